The molecule has 1 unspecified atom stereocenters. The van der Waals surface area contributed by atoms with Crippen LogP contribution in [-0.2, 0) is 16.6 Å². The van der Waals surface area contributed by atoms with Crippen LogP contribution in [0.5, 0.6) is 0 Å². The van der Waals surface area contributed by atoms with Crippen LogP contribution in [0, 0.1) is 19.8 Å². The van der Waals surface area contributed by atoms with Crippen molar-refractivity contribution in [2.75, 3.05) is 7.05 Å². The summed E-state index contributed by atoms with van der Waals surface area (Å²) in [5.74, 6) is 1.19. The van der Waals surface area contributed by atoms with Gasteiger partial charge in [0.1, 0.15) is 16.4 Å². The van der Waals surface area contributed by atoms with E-state index in [1.165, 1.54) is 4.31 Å². The summed E-state index contributed by atoms with van der Waals surface area (Å²) in [6.07, 6.45) is 0.778. The van der Waals surface area contributed by atoms with E-state index >= 15 is 0 Å². The molecule has 116 valence electrons. The third kappa shape index (κ3) is 3.24. The van der Waals surface area contributed by atoms with Gasteiger partial charge in [0.25, 0.3) is 0 Å². The second-order valence-corrected chi connectivity index (χ2v) is 7.61. The molecule has 0 bridgehead atoms. The van der Waals surface area contributed by atoms with Crippen molar-refractivity contribution in [3.8, 4) is 0 Å². The third-order valence-corrected chi connectivity index (χ3v) is 5.72. The summed E-state index contributed by atoms with van der Waals surface area (Å²) < 4.78 is 32.2. The van der Waals surface area contributed by atoms with Gasteiger partial charge in [-0.15, -0.1) is 0 Å². The molecule has 0 aliphatic heterocycles. The maximum Gasteiger partial charge on any atom is 0.246 e. The predicted octanol–water partition coefficient (Wildman–Crippen LogP) is 2.44. The van der Waals surface area contributed by atoms with Crippen LogP contribution in [-0.4, -0.2) is 30.9 Å². The fraction of sp³-hybridized carbons (Fsp3) is 0.714. The zero-order chi connectivity index (χ0) is 15.7. The number of furan rings is 1. The summed E-state index contributed by atoms with van der Waals surface area (Å²) in [4.78, 5) is 0.107. The molecule has 0 fully saturated rings. The Morgan fingerprint density at radius 3 is 2.20 bits per heavy atom. The summed E-state index contributed by atoms with van der Waals surface area (Å²) in [5.41, 5.74) is 0.353. The van der Waals surface area contributed by atoms with E-state index < -0.39 is 10.0 Å². The monoisotopic (exact) mass is 303 g/mol. The van der Waals surface area contributed by atoms with Gasteiger partial charge in [-0.3, -0.25) is 0 Å². The van der Waals surface area contributed by atoms with Crippen molar-refractivity contribution in [3.63, 3.8) is 0 Å². The minimum atomic E-state index is -3.66. The zero-order valence-electron chi connectivity index (χ0n) is 13.1. The van der Waals surface area contributed by atoms with Gasteiger partial charge in [0, 0.05) is 18.7 Å². The van der Waals surface area contributed by atoms with Gasteiger partial charge in [0.15, 0.2) is 0 Å². The van der Waals surface area contributed by atoms with Gasteiger partial charge in [-0.2, -0.15) is 4.31 Å². The molecule has 0 saturated heterocycles. The number of nitrogens with zero attached hydrogens (tertiary/aromatic N) is 1. The Morgan fingerprint density at radius 1 is 1.20 bits per heavy atom. The lowest BCUT2D eigenvalue weighted by molar-refractivity contribution is 0.275. The summed E-state index contributed by atoms with van der Waals surface area (Å²) in [5, 5.41) is 9.40. The van der Waals surface area contributed by atoms with Crippen LogP contribution in [0.3, 0.4) is 0 Å². The minimum absolute atomic E-state index is 0.107. The van der Waals surface area contributed by atoms with Crippen molar-refractivity contribution >= 4 is 10.0 Å². The molecule has 20 heavy (non-hydrogen) atoms. The Balaban J connectivity index is 3.23. The molecule has 1 heterocycles. The Kier molecular flexibility index (Phi) is 5.40. The molecule has 1 aromatic heterocycles. The van der Waals surface area contributed by atoms with Crippen LogP contribution in [0.4, 0.5) is 0 Å². The van der Waals surface area contributed by atoms with E-state index in [2.05, 4.69) is 13.8 Å². The largest absolute Gasteiger partial charge is 0.465 e. The summed E-state index contributed by atoms with van der Waals surface area (Å²) >= 11 is 0. The molecule has 1 atom stereocenters. The van der Waals surface area contributed by atoms with Gasteiger partial charge in [0.05, 0.1) is 6.61 Å². The number of aryl methyl sites for hydroxylation is 2. The maximum absolute atomic E-state index is 12.7. The second-order valence-electron chi connectivity index (χ2n) is 5.68. The first-order valence-electron chi connectivity index (χ1n) is 6.80. The van der Waals surface area contributed by atoms with E-state index in [1.54, 1.807) is 20.9 Å². The highest BCUT2D eigenvalue weighted by molar-refractivity contribution is 7.89. The molecular weight excluding hydrogens is 278 g/mol. The van der Waals surface area contributed by atoms with Crippen LogP contribution < -0.4 is 0 Å². The van der Waals surface area contributed by atoms with Crippen LogP contribution in [0.1, 0.15) is 44.3 Å². The van der Waals surface area contributed by atoms with E-state index in [1.807, 2.05) is 6.92 Å². The van der Waals surface area contributed by atoms with Gasteiger partial charge in [0.2, 0.25) is 10.0 Å². The quantitative estimate of drug-likeness (QED) is 0.876. The Labute approximate surface area is 121 Å². The lowest BCUT2D eigenvalue weighted by atomic mass is 10.1. The first kappa shape index (κ1) is 17.2. The van der Waals surface area contributed by atoms with Gasteiger partial charge < -0.3 is 9.52 Å². The van der Waals surface area contributed by atoms with Gasteiger partial charge >= 0.3 is 0 Å². The molecule has 0 saturated carbocycles. The maximum atomic E-state index is 12.7. The van der Waals surface area contributed by atoms with Crippen LogP contribution >= 0.6 is 0 Å². The van der Waals surface area contributed by atoms with Gasteiger partial charge in [-0.1, -0.05) is 13.8 Å². The van der Waals surface area contributed by atoms with Crippen molar-refractivity contribution in [2.24, 2.45) is 5.92 Å². The fourth-order valence-corrected chi connectivity index (χ4v) is 4.21. The van der Waals surface area contributed by atoms with Crippen molar-refractivity contribution in [3.05, 3.63) is 17.1 Å². The average molecular weight is 303 g/mol. The number of hydrogen-bond donors (Lipinski definition) is 1. The molecule has 0 aromatic carbocycles. The summed E-state index contributed by atoms with van der Waals surface area (Å²) in [6.45, 7) is 8.93. The lowest BCUT2D eigenvalue weighted by Crippen LogP contribution is -2.36. The summed E-state index contributed by atoms with van der Waals surface area (Å²) in [7, 11) is -2.08. The average Bonchev–Trinajstić information content (AvgIpc) is 2.61. The third-order valence-electron chi connectivity index (χ3n) is 3.55. The van der Waals surface area contributed by atoms with E-state index in [0.717, 1.165) is 6.42 Å². The van der Waals surface area contributed by atoms with Crippen LogP contribution in [0.15, 0.2) is 9.31 Å². The molecule has 6 heteroatoms. The Morgan fingerprint density at radius 2 is 1.75 bits per heavy atom. The van der Waals surface area contributed by atoms with E-state index in [9.17, 15) is 13.5 Å². The molecule has 1 aromatic rings. The Bertz CT molecular complexity index is 560. The summed E-state index contributed by atoms with van der Waals surface area (Å²) in [6, 6.07) is -0.110. The first-order chi connectivity index (χ1) is 9.12. The number of rotatable bonds is 6. The fourth-order valence-electron chi connectivity index (χ4n) is 2.44. The number of aliphatic hydroxyl groups excluding tert-OH is 1. The highest BCUT2D eigenvalue weighted by Gasteiger charge is 2.32. The molecule has 5 nitrogen and oxygen atoms in total. The van der Waals surface area contributed by atoms with Crippen molar-refractivity contribution in [1.82, 2.24) is 4.31 Å². The zero-order valence-corrected chi connectivity index (χ0v) is 13.9. The van der Waals surface area contributed by atoms with Crippen molar-refractivity contribution in [2.45, 2.75) is 58.6 Å². The number of sulfonamides is 1. The predicted molar refractivity (Wildman–Crippen MR) is 78.0 cm³/mol. The minimum Gasteiger partial charge on any atom is -0.465 e. The highest BCUT2D eigenvalue weighted by atomic mass is 32.2. The van der Waals surface area contributed by atoms with Crippen LogP contribution in [0.2, 0.25) is 0 Å². The van der Waals surface area contributed by atoms with Crippen molar-refractivity contribution in [1.29, 1.82) is 0 Å². The van der Waals surface area contributed by atoms with Gasteiger partial charge in [-0.05, 0) is 33.1 Å². The first-order valence-corrected chi connectivity index (χ1v) is 8.24. The Hall–Kier alpha value is -0.850. The van der Waals surface area contributed by atoms with Crippen LogP contribution in [0.25, 0.3) is 0 Å². The standard InChI is InChI=1S/C14H25NO4S/c1-9(2)7-10(3)15(6)20(17,18)14-12(5)19-11(4)13(14)8-16/h9-10,16H,7-8H2,1-6H3. The normalized spacial score (nSPS) is 14.2. The second kappa shape index (κ2) is 6.28. The number of hydrogen-bond acceptors (Lipinski definition) is 4. The molecule has 0 aliphatic carbocycles. The lowest BCUT2D eigenvalue weighted by Gasteiger charge is -2.25. The molecule has 0 amide bonds. The molecular formula is C14H25NO4S. The van der Waals surface area contributed by atoms with E-state index in [0.29, 0.717) is 23.0 Å². The molecule has 0 spiro atoms. The molecule has 1 N–H and O–H groups in total. The highest BCUT2D eigenvalue weighted by Crippen LogP contribution is 2.30. The van der Waals surface area contributed by atoms with Crippen molar-refractivity contribution < 1.29 is 17.9 Å². The van der Waals surface area contributed by atoms with E-state index in [-0.39, 0.29) is 17.5 Å². The number of aliphatic hydroxyl groups is 1. The molecule has 1 rings (SSSR count). The SMILES string of the molecule is Cc1oc(C)c(S(=O)(=O)N(C)C(C)CC(C)C)c1CO. The molecule has 0 radical (unpaired) electrons. The van der Waals surface area contributed by atoms with Gasteiger partial charge in [-0.25, -0.2) is 8.42 Å². The smallest absolute Gasteiger partial charge is 0.246 e. The molecule has 0 aliphatic rings. The topological polar surface area (TPSA) is 70.8 Å². The van der Waals surface area contributed by atoms with E-state index in [4.69, 9.17) is 4.42 Å².